The van der Waals surface area contributed by atoms with Gasteiger partial charge in [-0.2, -0.15) is 13.2 Å². The summed E-state index contributed by atoms with van der Waals surface area (Å²) in [5, 5.41) is 3.12. The summed E-state index contributed by atoms with van der Waals surface area (Å²) in [4.78, 5) is 14.2. The van der Waals surface area contributed by atoms with Crippen molar-refractivity contribution < 1.29 is 13.2 Å². The Balaban J connectivity index is 1.31. The van der Waals surface area contributed by atoms with Crippen LogP contribution in [0.5, 0.6) is 0 Å². The highest BCUT2D eigenvalue weighted by atomic mass is 19.4. The molecule has 0 atom stereocenters. The summed E-state index contributed by atoms with van der Waals surface area (Å²) in [6.07, 6.45) is 3.78. The molecule has 0 radical (unpaired) electrons. The minimum atomic E-state index is -4.45. The number of hydrogen-bond donors (Lipinski definition) is 1. The molecular formula is C18H23F3N6. The molecule has 0 unspecified atom stereocenters. The van der Waals surface area contributed by atoms with Crippen LogP contribution in [0.1, 0.15) is 42.9 Å². The minimum Gasteiger partial charge on any atom is -0.367 e. The van der Waals surface area contributed by atoms with Crippen molar-refractivity contribution in [1.29, 1.82) is 0 Å². The first kappa shape index (κ1) is 18.2. The van der Waals surface area contributed by atoms with Crippen LogP contribution in [0.4, 0.5) is 19.0 Å². The lowest BCUT2D eigenvalue weighted by atomic mass is 10.0. The summed E-state index contributed by atoms with van der Waals surface area (Å²) in [5.41, 5.74) is 0.415. The fourth-order valence-corrected chi connectivity index (χ4v) is 3.86. The van der Waals surface area contributed by atoms with E-state index in [2.05, 4.69) is 29.7 Å². The maximum atomic E-state index is 12.8. The first-order valence-corrected chi connectivity index (χ1v) is 9.40. The molecule has 0 amide bonds. The predicted molar refractivity (Wildman–Crippen MR) is 94.1 cm³/mol. The predicted octanol–water partition coefficient (Wildman–Crippen LogP) is 3.10. The third-order valence-corrected chi connectivity index (χ3v) is 5.35. The van der Waals surface area contributed by atoms with Gasteiger partial charge < -0.3 is 9.88 Å². The number of halogens is 3. The summed E-state index contributed by atoms with van der Waals surface area (Å²) >= 11 is 0. The zero-order chi connectivity index (χ0) is 18.9. The van der Waals surface area contributed by atoms with Crippen LogP contribution in [0, 0.1) is 0 Å². The zero-order valence-electron chi connectivity index (χ0n) is 15.0. The highest BCUT2D eigenvalue weighted by molar-refractivity contribution is 5.36. The molecule has 0 aliphatic carbocycles. The summed E-state index contributed by atoms with van der Waals surface area (Å²) in [6.45, 7) is 3.66. The van der Waals surface area contributed by atoms with Gasteiger partial charge in [-0.25, -0.2) is 15.0 Å². The van der Waals surface area contributed by atoms with Crippen molar-refractivity contribution in [3.63, 3.8) is 0 Å². The van der Waals surface area contributed by atoms with Crippen molar-refractivity contribution in [3.05, 3.63) is 35.8 Å². The zero-order valence-corrected chi connectivity index (χ0v) is 15.0. The van der Waals surface area contributed by atoms with Crippen LogP contribution in [-0.2, 0) is 25.7 Å². The van der Waals surface area contributed by atoms with Crippen LogP contribution in [0.25, 0.3) is 0 Å². The summed E-state index contributed by atoms with van der Waals surface area (Å²) in [7, 11) is 0. The molecule has 0 aromatic carbocycles. The SMILES string of the molecule is FC(F)(F)c1cc(NC2CCN(Cc3ncc4n3CCCC4)CC2)ncn1. The third kappa shape index (κ3) is 4.23. The van der Waals surface area contributed by atoms with Crippen molar-refractivity contribution in [1.82, 2.24) is 24.4 Å². The van der Waals surface area contributed by atoms with Crippen LogP contribution in [0.3, 0.4) is 0 Å². The number of imidazole rings is 1. The number of aryl methyl sites for hydroxylation is 1. The monoisotopic (exact) mass is 380 g/mol. The second-order valence-corrected chi connectivity index (χ2v) is 7.26. The Hall–Kier alpha value is -2.16. The van der Waals surface area contributed by atoms with Crippen molar-refractivity contribution in [2.45, 2.75) is 57.4 Å². The molecule has 2 aliphatic rings. The van der Waals surface area contributed by atoms with Gasteiger partial charge in [0, 0.05) is 43.6 Å². The molecule has 27 heavy (non-hydrogen) atoms. The second kappa shape index (κ2) is 7.46. The number of likely N-dealkylation sites (tertiary alicyclic amines) is 1. The van der Waals surface area contributed by atoms with Crippen LogP contribution in [-0.4, -0.2) is 43.6 Å². The van der Waals surface area contributed by atoms with E-state index >= 15 is 0 Å². The van der Waals surface area contributed by atoms with Crippen molar-refractivity contribution in [2.24, 2.45) is 0 Å². The number of aromatic nitrogens is 4. The van der Waals surface area contributed by atoms with Gasteiger partial charge in [0.1, 0.15) is 23.7 Å². The van der Waals surface area contributed by atoms with E-state index in [1.54, 1.807) is 0 Å². The second-order valence-electron chi connectivity index (χ2n) is 7.26. The van der Waals surface area contributed by atoms with Crippen molar-refractivity contribution in [2.75, 3.05) is 18.4 Å². The molecule has 1 fully saturated rings. The maximum Gasteiger partial charge on any atom is 0.433 e. The van der Waals surface area contributed by atoms with E-state index in [-0.39, 0.29) is 11.9 Å². The molecule has 1 saturated heterocycles. The van der Waals surface area contributed by atoms with E-state index < -0.39 is 11.9 Å². The highest BCUT2D eigenvalue weighted by Crippen LogP contribution is 2.28. The van der Waals surface area contributed by atoms with Crippen molar-refractivity contribution >= 4 is 5.82 Å². The molecule has 1 N–H and O–H groups in total. The first-order chi connectivity index (χ1) is 13.0. The van der Waals surface area contributed by atoms with Gasteiger partial charge in [-0.05, 0) is 32.1 Å². The Morgan fingerprint density at radius 2 is 1.89 bits per heavy atom. The largest absolute Gasteiger partial charge is 0.433 e. The lowest BCUT2D eigenvalue weighted by Gasteiger charge is -2.32. The van der Waals surface area contributed by atoms with E-state index in [1.165, 1.54) is 18.5 Å². The van der Waals surface area contributed by atoms with Gasteiger partial charge in [-0.15, -0.1) is 0 Å². The van der Waals surface area contributed by atoms with Gasteiger partial charge in [-0.1, -0.05) is 0 Å². The quantitative estimate of drug-likeness (QED) is 0.883. The Morgan fingerprint density at radius 3 is 2.67 bits per heavy atom. The van der Waals surface area contributed by atoms with Crippen LogP contribution >= 0.6 is 0 Å². The van der Waals surface area contributed by atoms with Crippen LogP contribution in [0.15, 0.2) is 18.6 Å². The van der Waals surface area contributed by atoms with Gasteiger partial charge in [0.25, 0.3) is 0 Å². The number of rotatable bonds is 4. The number of alkyl halides is 3. The smallest absolute Gasteiger partial charge is 0.367 e. The van der Waals surface area contributed by atoms with Gasteiger partial charge in [0.2, 0.25) is 0 Å². The Kier molecular flexibility index (Phi) is 5.03. The molecule has 2 aliphatic heterocycles. The first-order valence-electron chi connectivity index (χ1n) is 9.40. The fourth-order valence-electron chi connectivity index (χ4n) is 3.86. The van der Waals surface area contributed by atoms with E-state index in [0.29, 0.717) is 0 Å². The molecule has 4 heterocycles. The van der Waals surface area contributed by atoms with Crippen molar-refractivity contribution in [3.8, 4) is 0 Å². The molecule has 0 bridgehead atoms. The van der Waals surface area contributed by atoms with Crippen LogP contribution < -0.4 is 5.32 Å². The molecule has 0 saturated carbocycles. The van der Waals surface area contributed by atoms with Gasteiger partial charge in [0.05, 0.1) is 6.54 Å². The van der Waals surface area contributed by atoms with E-state index in [0.717, 1.165) is 63.7 Å². The number of nitrogens with zero attached hydrogens (tertiary/aromatic N) is 5. The molecule has 2 aromatic heterocycles. The number of anilines is 1. The standard InChI is InChI=1S/C18H23F3N6/c19-18(20,21)15-9-16(24-12-23-15)25-13-4-7-26(8-5-13)11-17-22-10-14-3-1-2-6-27(14)17/h9-10,12-13H,1-8,11H2,(H,23,24,25). The molecule has 9 heteroatoms. The summed E-state index contributed by atoms with van der Waals surface area (Å²) in [6, 6.07) is 1.09. The average Bonchev–Trinajstić information content (AvgIpc) is 3.06. The maximum absolute atomic E-state index is 12.8. The van der Waals surface area contributed by atoms with Gasteiger partial charge >= 0.3 is 6.18 Å². The molecule has 146 valence electrons. The van der Waals surface area contributed by atoms with E-state index in [4.69, 9.17) is 0 Å². The van der Waals surface area contributed by atoms with E-state index in [1.807, 2.05) is 6.20 Å². The van der Waals surface area contributed by atoms with Crippen LogP contribution in [0.2, 0.25) is 0 Å². The number of nitrogens with one attached hydrogen (secondary N) is 1. The molecule has 0 spiro atoms. The summed E-state index contributed by atoms with van der Waals surface area (Å²) in [5.74, 6) is 1.36. The molecule has 4 rings (SSSR count). The topological polar surface area (TPSA) is 58.9 Å². The number of hydrogen-bond acceptors (Lipinski definition) is 5. The van der Waals surface area contributed by atoms with E-state index in [9.17, 15) is 13.2 Å². The third-order valence-electron chi connectivity index (χ3n) is 5.35. The number of piperidine rings is 1. The lowest BCUT2D eigenvalue weighted by Crippen LogP contribution is -2.39. The minimum absolute atomic E-state index is 0.117. The summed E-state index contributed by atoms with van der Waals surface area (Å²) < 4.78 is 40.6. The molecular weight excluding hydrogens is 357 g/mol. The fraction of sp³-hybridized carbons (Fsp3) is 0.611. The molecule has 2 aromatic rings. The van der Waals surface area contributed by atoms with Gasteiger partial charge in [-0.3, -0.25) is 4.90 Å². The van der Waals surface area contributed by atoms with Gasteiger partial charge in [0.15, 0.2) is 0 Å². The Labute approximate surface area is 155 Å². The molecule has 6 nitrogen and oxygen atoms in total. The normalized spacial score (nSPS) is 19.1. The Bertz CT molecular complexity index is 780. The number of fused-ring (bicyclic) bond motifs is 1. The average molecular weight is 380 g/mol. The Morgan fingerprint density at radius 1 is 1.07 bits per heavy atom. The highest BCUT2D eigenvalue weighted by Gasteiger charge is 2.33. The lowest BCUT2D eigenvalue weighted by molar-refractivity contribution is -0.141.